The molecule has 5 nitrogen and oxygen atoms in total. The monoisotopic (exact) mass is 452 g/mol. The topological polar surface area (TPSA) is 70.9 Å². The van der Waals surface area contributed by atoms with Crippen LogP contribution in [-0.2, 0) is 4.79 Å². The summed E-state index contributed by atoms with van der Waals surface area (Å²) in [5.74, 6) is 0.504. The van der Waals surface area contributed by atoms with Crippen LogP contribution in [0.2, 0.25) is 5.02 Å². The molecule has 8 heteroatoms. The number of hydrogen-bond acceptors (Lipinski definition) is 5. The number of amides is 1. The Kier molecular flexibility index (Phi) is 5.90. The predicted molar refractivity (Wildman–Crippen MR) is 109 cm³/mol. The molecular weight excluding hydrogens is 440 g/mol. The van der Waals surface area contributed by atoms with Crippen molar-refractivity contribution in [1.82, 2.24) is 5.32 Å². The molecule has 2 N–H and O–H groups in total. The maximum Gasteiger partial charge on any atom is 0.264 e. The second kappa shape index (κ2) is 8.16. The number of rotatable bonds is 4. The fraction of sp³-hybridized carbons (Fsp3) is 0.111. The van der Waals surface area contributed by atoms with Gasteiger partial charge >= 0.3 is 0 Å². The van der Waals surface area contributed by atoms with Crippen molar-refractivity contribution in [3.8, 4) is 11.5 Å². The summed E-state index contributed by atoms with van der Waals surface area (Å²) < 4.78 is 5.85. The fourth-order valence-corrected chi connectivity index (χ4v) is 3.89. The minimum Gasteiger partial charge on any atom is -0.506 e. The Morgan fingerprint density at radius 3 is 2.77 bits per heavy atom. The second-order valence-corrected chi connectivity index (χ2v) is 7.56. The van der Waals surface area contributed by atoms with Crippen molar-refractivity contribution in [2.24, 2.45) is 4.99 Å². The number of phenolic OH excluding ortho intramolecular Hbond substituents is 1. The van der Waals surface area contributed by atoms with Crippen LogP contribution in [0.15, 0.2) is 50.8 Å². The van der Waals surface area contributed by atoms with Gasteiger partial charge in [-0.05, 0) is 77.1 Å². The number of carbonyl (C=O) groups is 1. The molecule has 0 aromatic heterocycles. The lowest BCUT2D eigenvalue weighted by atomic mass is 10.2. The van der Waals surface area contributed by atoms with E-state index < -0.39 is 0 Å². The average Bonchev–Trinajstić information content (AvgIpc) is 2.93. The standard InChI is InChI=1S/C18H14BrClN2O3S/c1-2-25-13-5-3-12(4-6-13)21-18-22-17(24)15(26-18)8-10-7-11(20)9-14(19)16(10)23/h3-9,23H,2H2,1H3,(H,21,22,24). The van der Waals surface area contributed by atoms with Crippen molar-refractivity contribution >= 4 is 62.1 Å². The second-order valence-electron chi connectivity index (χ2n) is 5.23. The first-order valence-electron chi connectivity index (χ1n) is 7.66. The Bertz CT molecular complexity index is 913. The van der Waals surface area contributed by atoms with Crippen molar-refractivity contribution in [2.45, 2.75) is 6.92 Å². The van der Waals surface area contributed by atoms with Crippen molar-refractivity contribution in [3.63, 3.8) is 0 Å². The first kappa shape index (κ1) is 18.8. The Morgan fingerprint density at radius 1 is 1.35 bits per heavy atom. The van der Waals surface area contributed by atoms with E-state index in [2.05, 4.69) is 26.2 Å². The third kappa shape index (κ3) is 4.41. The normalized spacial score (nSPS) is 17.0. The van der Waals surface area contributed by atoms with Crippen LogP contribution in [0.4, 0.5) is 5.69 Å². The summed E-state index contributed by atoms with van der Waals surface area (Å²) in [6.07, 6.45) is 1.58. The molecule has 0 radical (unpaired) electrons. The molecule has 26 heavy (non-hydrogen) atoms. The van der Waals surface area contributed by atoms with E-state index in [1.54, 1.807) is 18.2 Å². The molecule has 1 saturated heterocycles. The Morgan fingerprint density at radius 2 is 2.08 bits per heavy atom. The molecule has 134 valence electrons. The number of aromatic hydroxyl groups is 1. The van der Waals surface area contributed by atoms with E-state index >= 15 is 0 Å². The number of ether oxygens (including phenoxy) is 1. The molecule has 1 aliphatic rings. The van der Waals surface area contributed by atoms with Crippen LogP contribution in [0, 0.1) is 0 Å². The van der Waals surface area contributed by atoms with E-state index in [0.717, 1.165) is 5.75 Å². The number of amidine groups is 1. The van der Waals surface area contributed by atoms with Gasteiger partial charge in [0, 0.05) is 10.6 Å². The number of hydrogen-bond donors (Lipinski definition) is 2. The van der Waals surface area contributed by atoms with Crippen molar-refractivity contribution in [3.05, 3.63) is 56.4 Å². The molecule has 2 aromatic rings. The Hall–Kier alpha value is -1.96. The molecule has 3 rings (SSSR count). The highest BCUT2D eigenvalue weighted by molar-refractivity contribution is 9.10. The quantitative estimate of drug-likeness (QED) is 0.632. The van der Waals surface area contributed by atoms with Gasteiger partial charge in [0.2, 0.25) is 0 Å². The zero-order valence-corrected chi connectivity index (χ0v) is 16.8. The zero-order valence-electron chi connectivity index (χ0n) is 13.6. The van der Waals surface area contributed by atoms with Gasteiger partial charge in [0.25, 0.3) is 5.91 Å². The highest BCUT2D eigenvalue weighted by atomic mass is 79.9. The van der Waals surface area contributed by atoms with E-state index in [9.17, 15) is 9.90 Å². The lowest BCUT2D eigenvalue weighted by Gasteiger charge is -2.03. The summed E-state index contributed by atoms with van der Waals surface area (Å²) in [6, 6.07) is 10.4. The molecular formula is C18H14BrClN2O3S. The highest BCUT2D eigenvalue weighted by Crippen LogP contribution is 2.35. The molecule has 0 atom stereocenters. The van der Waals surface area contributed by atoms with Gasteiger partial charge in [-0.2, -0.15) is 0 Å². The van der Waals surface area contributed by atoms with Gasteiger partial charge in [0.1, 0.15) is 11.5 Å². The summed E-state index contributed by atoms with van der Waals surface area (Å²) in [4.78, 5) is 17.0. The smallest absolute Gasteiger partial charge is 0.264 e. The van der Waals surface area contributed by atoms with Crippen molar-refractivity contribution in [1.29, 1.82) is 0 Å². The van der Waals surface area contributed by atoms with E-state index in [-0.39, 0.29) is 11.7 Å². The van der Waals surface area contributed by atoms with Gasteiger partial charge in [0.15, 0.2) is 5.17 Å². The zero-order chi connectivity index (χ0) is 18.7. The summed E-state index contributed by atoms with van der Waals surface area (Å²) in [7, 11) is 0. The number of aliphatic imine (C=N–C) groups is 1. The summed E-state index contributed by atoms with van der Waals surface area (Å²) in [5, 5.41) is 13.7. The van der Waals surface area contributed by atoms with Gasteiger partial charge < -0.3 is 15.2 Å². The van der Waals surface area contributed by atoms with Crippen molar-refractivity contribution < 1.29 is 14.6 Å². The van der Waals surface area contributed by atoms with Gasteiger partial charge in [-0.15, -0.1) is 0 Å². The van der Waals surface area contributed by atoms with Crippen LogP contribution < -0.4 is 10.1 Å². The van der Waals surface area contributed by atoms with Crippen LogP contribution in [0.3, 0.4) is 0 Å². The van der Waals surface area contributed by atoms with E-state index in [0.29, 0.717) is 37.4 Å². The van der Waals surface area contributed by atoms with Crippen molar-refractivity contribution in [2.75, 3.05) is 6.61 Å². The van der Waals surface area contributed by atoms with E-state index in [1.165, 1.54) is 11.8 Å². The van der Waals surface area contributed by atoms with Crippen LogP contribution in [-0.4, -0.2) is 22.8 Å². The van der Waals surface area contributed by atoms with Gasteiger partial charge in [-0.1, -0.05) is 11.6 Å². The molecule has 2 aromatic carbocycles. The number of phenols is 1. The molecule has 1 fully saturated rings. The molecule has 0 spiro atoms. The molecule has 0 unspecified atom stereocenters. The first-order valence-corrected chi connectivity index (χ1v) is 9.65. The molecule has 0 saturated carbocycles. The number of nitrogens with zero attached hydrogens (tertiary/aromatic N) is 1. The number of thioether (sulfide) groups is 1. The fourth-order valence-electron chi connectivity index (χ4n) is 2.22. The predicted octanol–water partition coefficient (Wildman–Crippen LogP) is 5.10. The molecule has 0 bridgehead atoms. The molecule has 1 aliphatic heterocycles. The van der Waals surface area contributed by atoms with Crippen LogP contribution >= 0.6 is 39.3 Å². The minimum absolute atomic E-state index is 0.0206. The lowest BCUT2D eigenvalue weighted by Crippen LogP contribution is -2.19. The average molecular weight is 454 g/mol. The summed E-state index contributed by atoms with van der Waals surface area (Å²) in [5.41, 5.74) is 1.15. The number of halogens is 2. The van der Waals surface area contributed by atoms with Crippen LogP contribution in [0.1, 0.15) is 12.5 Å². The van der Waals surface area contributed by atoms with Gasteiger partial charge in [0.05, 0.1) is 21.7 Å². The third-order valence-electron chi connectivity index (χ3n) is 3.37. The Balaban J connectivity index is 1.82. The van der Waals surface area contributed by atoms with Gasteiger partial charge in [-0.25, -0.2) is 4.99 Å². The number of nitrogens with one attached hydrogen (secondary N) is 1. The maximum atomic E-state index is 12.2. The summed E-state index contributed by atoms with van der Waals surface area (Å²) in [6.45, 7) is 2.52. The van der Waals surface area contributed by atoms with E-state index in [4.69, 9.17) is 16.3 Å². The summed E-state index contributed by atoms with van der Waals surface area (Å²) >= 11 is 10.4. The van der Waals surface area contributed by atoms with Crippen LogP contribution in [0.5, 0.6) is 11.5 Å². The third-order valence-corrected chi connectivity index (χ3v) is 5.11. The minimum atomic E-state index is -0.282. The first-order chi connectivity index (χ1) is 12.5. The molecule has 1 heterocycles. The lowest BCUT2D eigenvalue weighted by molar-refractivity contribution is -0.115. The molecule has 0 aliphatic carbocycles. The number of benzene rings is 2. The van der Waals surface area contributed by atoms with Gasteiger partial charge in [-0.3, -0.25) is 4.79 Å². The highest BCUT2D eigenvalue weighted by Gasteiger charge is 2.24. The molecule has 1 amide bonds. The maximum absolute atomic E-state index is 12.2. The van der Waals surface area contributed by atoms with Crippen LogP contribution in [0.25, 0.3) is 6.08 Å². The largest absolute Gasteiger partial charge is 0.506 e. The Labute approximate surface area is 168 Å². The van der Waals surface area contributed by atoms with E-state index in [1.807, 2.05) is 31.2 Å². The SMILES string of the molecule is CCOc1ccc(N=C2NC(=O)C(=Cc3cc(Cl)cc(Br)c3O)S2)cc1. The number of carbonyl (C=O) groups excluding carboxylic acids is 1.